The van der Waals surface area contributed by atoms with Gasteiger partial charge in [-0.1, -0.05) is 6.42 Å². The molecule has 1 aromatic rings. The van der Waals surface area contributed by atoms with Gasteiger partial charge in [0.1, 0.15) is 5.75 Å². The second-order valence-corrected chi connectivity index (χ2v) is 6.96. The second kappa shape index (κ2) is 6.43. The van der Waals surface area contributed by atoms with Gasteiger partial charge in [0.2, 0.25) is 0 Å². The van der Waals surface area contributed by atoms with Crippen molar-refractivity contribution >= 4 is 17.6 Å². The van der Waals surface area contributed by atoms with Crippen LogP contribution in [0.2, 0.25) is 0 Å². The number of likely N-dealkylation sites (tertiary alicyclic amines) is 1. The van der Waals surface area contributed by atoms with E-state index in [4.69, 9.17) is 9.84 Å². The van der Waals surface area contributed by atoms with E-state index in [1.165, 1.54) is 31.4 Å². The molecule has 1 fully saturated rings. The molecule has 1 N–H and O–H groups in total. The molecule has 3 rings (SSSR count). The number of hydrogen-bond acceptors (Lipinski definition) is 4. The Balaban J connectivity index is 1.84. The van der Waals surface area contributed by atoms with Crippen LogP contribution in [0, 0.1) is 0 Å². The molecule has 24 heavy (non-hydrogen) atoms. The van der Waals surface area contributed by atoms with E-state index in [-0.39, 0.29) is 11.5 Å². The van der Waals surface area contributed by atoms with Crippen LogP contribution in [0.25, 0.3) is 0 Å². The predicted molar refractivity (Wildman–Crippen MR) is 90.8 cm³/mol. The molecule has 0 aromatic heterocycles. The monoisotopic (exact) mass is 332 g/mol. The van der Waals surface area contributed by atoms with Crippen LogP contribution < -0.4 is 9.64 Å². The summed E-state index contributed by atoms with van der Waals surface area (Å²) in [6, 6.07) is 4.69. The fourth-order valence-corrected chi connectivity index (χ4v) is 3.35. The van der Waals surface area contributed by atoms with E-state index < -0.39 is 11.6 Å². The van der Waals surface area contributed by atoms with E-state index in [1.807, 2.05) is 0 Å². The lowest BCUT2D eigenvalue weighted by atomic mass is 10.0. The van der Waals surface area contributed by atoms with Gasteiger partial charge in [0.25, 0.3) is 5.91 Å². The number of benzene rings is 1. The molecule has 2 aliphatic rings. The summed E-state index contributed by atoms with van der Waals surface area (Å²) in [6.45, 7) is 7.01. The van der Waals surface area contributed by atoms with Crippen LogP contribution >= 0.6 is 0 Å². The zero-order chi connectivity index (χ0) is 17.3. The van der Waals surface area contributed by atoms with Crippen molar-refractivity contribution in [2.24, 2.45) is 0 Å². The maximum atomic E-state index is 12.8. The minimum absolute atomic E-state index is 0.0879. The molecular weight excluding hydrogens is 308 g/mol. The Hall–Kier alpha value is -2.08. The average Bonchev–Trinajstić information content (AvgIpc) is 2.55. The SMILES string of the molecule is CC1(C)Oc2cc(C(=O)O)ccc2N(CCN2CCCCC2)C1=O. The van der Waals surface area contributed by atoms with Crippen molar-refractivity contribution in [2.45, 2.75) is 38.7 Å². The maximum absolute atomic E-state index is 12.8. The van der Waals surface area contributed by atoms with Gasteiger partial charge in [-0.25, -0.2) is 4.79 Å². The van der Waals surface area contributed by atoms with Crippen molar-refractivity contribution in [1.82, 2.24) is 4.90 Å². The molecule has 0 spiro atoms. The zero-order valence-electron chi connectivity index (χ0n) is 14.2. The van der Waals surface area contributed by atoms with Gasteiger partial charge in [-0.15, -0.1) is 0 Å². The summed E-state index contributed by atoms with van der Waals surface area (Å²) in [4.78, 5) is 28.1. The number of amides is 1. The topological polar surface area (TPSA) is 70.1 Å². The predicted octanol–water partition coefficient (Wildman–Crippen LogP) is 2.37. The van der Waals surface area contributed by atoms with Crippen molar-refractivity contribution in [3.05, 3.63) is 23.8 Å². The van der Waals surface area contributed by atoms with E-state index in [0.717, 1.165) is 19.6 Å². The van der Waals surface area contributed by atoms with Gasteiger partial charge in [-0.2, -0.15) is 0 Å². The summed E-state index contributed by atoms with van der Waals surface area (Å²) in [5, 5.41) is 9.17. The molecule has 2 heterocycles. The molecule has 0 aliphatic carbocycles. The van der Waals surface area contributed by atoms with Crippen molar-refractivity contribution in [1.29, 1.82) is 0 Å². The van der Waals surface area contributed by atoms with E-state index in [2.05, 4.69) is 4.90 Å². The molecule has 2 aliphatic heterocycles. The van der Waals surface area contributed by atoms with Crippen LogP contribution in [-0.2, 0) is 4.79 Å². The van der Waals surface area contributed by atoms with Gasteiger partial charge in [-0.3, -0.25) is 4.79 Å². The number of carbonyl (C=O) groups excluding carboxylic acids is 1. The Kier molecular flexibility index (Phi) is 4.49. The smallest absolute Gasteiger partial charge is 0.335 e. The Labute approximate surface area is 142 Å². The number of rotatable bonds is 4. The normalized spacial score (nSPS) is 20.4. The number of anilines is 1. The van der Waals surface area contributed by atoms with Crippen molar-refractivity contribution in [3.8, 4) is 5.75 Å². The fraction of sp³-hybridized carbons (Fsp3) is 0.556. The number of hydrogen-bond donors (Lipinski definition) is 1. The highest BCUT2D eigenvalue weighted by molar-refractivity contribution is 6.03. The first-order valence-electron chi connectivity index (χ1n) is 8.49. The summed E-state index contributed by atoms with van der Waals surface area (Å²) in [5.74, 6) is -0.635. The van der Waals surface area contributed by atoms with Crippen molar-refractivity contribution in [2.75, 3.05) is 31.1 Å². The summed E-state index contributed by atoms with van der Waals surface area (Å²) < 4.78 is 5.78. The Morgan fingerprint density at radius 2 is 1.92 bits per heavy atom. The van der Waals surface area contributed by atoms with E-state index >= 15 is 0 Å². The third-order valence-electron chi connectivity index (χ3n) is 4.71. The molecule has 0 atom stereocenters. The van der Waals surface area contributed by atoms with Gasteiger partial charge in [0.15, 0.2) is 5.60 Å². The summed E-state index contributed by atoms with van der Waals surface area (Å²) >= 11 is 0. The minimum atomic E-state index is -1.00. The zero-order valence-corrected chi connectivity index (χ0v) is 14.2. The van der Waals surface area contributed by atoms with E-state index in [0.29, 0.717) is 18.0 Å². The van der Waals surface area contributed by atoms with Crippen molar-refractivity contribution < 1.29 is 19.4 Å². The number of ether oxygens (including phenoxy) is 1. The number of piperidine rings is 1. The number of carboxylic acid groups (broad SMARTS) is 1. The molecule has 1 aromatic carbocycles. The Morgan fingerprint density at radius 1 is 1.21 bits per heavy atom. The third kappa shape index (κ3) is 3.24. The standard InChI is InChI=1S/C18H24N2O4/c1-18(2)17(23)20(11-10-19-8-4-3-5-9-19)14-7-6-13(16(21)22)12-15(14)24-18/h6-7,12H,3-5,8-11H2,1-2H3,(H,21,22). The number of carbonyl (C=O) groups is 2. The molecular formula is C18H24N2O4. The van der Waals surface area contributed by atoms with Gasteiger partial charge >= 0.3 is 5.97 Å². The summed E-state index contributed by atoms with van der Waals surface area (Å²) in [5.41, 5.74) is -0.178. The van der Waals surface area contributed by atoms with Crippen LogP contribution in [0.3, 0.4) is 0 Å². The maximum Gasteiger partial charge on any atom is 0.335 e. The largest absolute Gasteiger partial charge is 0.478 e. The molecule has 1 saturated heterocycles. The van der Waals surface area contributed by atoms with Crippen LogP contribution in [0.1, 0.15) is 43.5 Å². The van der Waals surface area contributed by atoms with Gasteiger partial charge in [-0.05, 0) is 58.0 Å². The molecule has 0 saturated carbocycles. The molecule has 6 nitrogen and oxygen atoms in total. The van der Waals surface area contributed by atoms with Crippen LogP contribution in [0.4, 0.5) is 5.69 Å². The quantitative estimate of drug-likeness (QED) is 0.917. The number of nitrogens with zero attached hydrogens (tertiary/aromatic N) is 2. The minimum Gasteiger partial charge on any atom is -0.478 e. The summed E-state index contributed by atoms with van der Waals surface area (Å²) in [6.07, 6.45) is 3.70. The first kappa shape index (κ1) is 16.8. The molecule has 0 radical (unpaired) electrons. The lowest BCUT2D eigenvalue weighted by molar-refractivity contribution is -0.132. The first-order chi connectivity index (χ1) is 11.4. The first-order valence-corrected chi connectivity index (χ1v) is 8.49. The summed E-state index contributed by atoms with van der Waals surface area (Å²) in [7, 11) is 0. The highest BCUT2D eigenvalue weighted by Crippen LogP contribution is 2.38. The van der Waals surface area contributed by atoms with Gasteiger partial charge in [0.05, 0.1) is 11.3 Å². The fourth-order valence-electron chi connectivity index (χ4n) is 3.35. The van der Waals surface area contributed by atoms with Gasteiger partial charge < -0.3 is 19.6 Å². The van der Waals surface area contributed by atoms with Crippen LogP contribution in [-0.4, -0.2) is 53.7 Å². The number of carboxylic acids is 1. The average molecular weight is 332 g/mol. The second-order valence-electron chi connectivity index (χ2n) is 6.96. The number of fused-ring (bicyclic) bond motifs is 1. The third-order valence-corrected chi connectivity index (χ3v) is 4.71. The van der Waals surface area contributed by atoms with Crippen LogP contribution in [0.15, 0.2) is 18.2 Å². The highest BCUT2D eigenvalue weighted by atomic mass is 16.5. The van der Waals surface area contributed by atoms with E-state index in [9.17, 15) is 9.59 Å². The molecule has 6 heteroatoms. The Bertz CT molecular complexity index is 650. The molecule has 130 valence electrons. The lowest BCUT2D eigenvalue weighted by Crippen LogP contribution is -2.54. The highest BCUT2D eigenvalue weighted by Gasteiger charge is 2.41. The van der Waals surface area contributed by atoms with E-state index in [1.54, 1.807) is 24.8 Å². The Morgan fingerprint density at radius 3 is 2.58 bits per heavy atom. The molecule has 0 unspecified atom stereocenters. The van der Waals surface area contributed by atoms with Gasteiger partial charge in [0, 0.05) is 13.1 Å². The lowest BCUT2D eigenvalue weighted by Gasteiger charge is -2.40. The molecule has 1 amide bonds. The number of aromatic carboxylic acids is 1. The molecule has 0 bridgehead atoms. The van der Waals surface area contributed by atoms with Crippen LogP contribution in [0.5, 0.6) is 5.75 Å². The van der Waals surface area contributed by atoms with Crippen molar-refractivity contribution in [3.63, 3.8) is 0 Å².